The normalized spacial score (nSPS) is 10.2. The third-order valence-electron chi connectivity index (χ3n) is 2.40. The van der Waals surface area contributed by atoms with Gasteiger partial charge in [0.2, 0.25) is 5.95 Å². The van der Waals surface area contributed by atoms with Crippen molar-refractivity contribution in [3.63, 3.8) is 0 Å². The fourth-order valence-electron chi connectivity index (χ4n) is 1.65. The molecule has 0 saturated heterocycles. The SMILES string of the molecule is C=CCn1cc(C)nc1NCc1cccnc1. The molecule has 0 atom stereocenters. The Hall–Kier alpha value is -2.10. The minimum atomic E-state index is 0.724. The van der Waals surface area contributed by atoms with Crippen LogP contribution in [0.15, 0.2) is 43.4 Å². The van der Waals surface area contributed by atoms with Gasteiger partial charge in [-0.1, -0.05) is 12.1 Å². The molecule has 2 aromatic heterocycles. The quantitative estimate of drug-likeness (QED) is 0.799. The molecule has 0 saturated carbocycles. The summed E-state index contributed by atoms with van der Waals surface area (Å²) in [5.74, 6) is 0.867. The molecule has 0 bridgehead atoms. The lowest BCUT2D eigenvalue weighted by Crippen LogP contribution is -2.06. The van der Waals surface area contributed by atoms with E-state index in [0.29, 0.717) is 0 Å². The maximum absolute atomic E-state index is 4.43. The number of nitrogens with one attached hydrogen (secondary N) is 1. The first-order valence-electron chi connectivity index (χ1n) is 5.57. The summed E-state index contributed by atoms with van der Waals surface area (Å²) < 4.78 is 2.04. The smallest absolute Gasteiger partial charge is 0.203 e. The van der Waals surface area contributed by atoms with E-state index >= 15 is 0 Å². The molecule has 0 spiro atoms. The fraction of sp³-hybridized carbons (Fsp3) is 0.231. The standard InChI is InChI=1S/C13H16N4/c1-3-7-17-10-11(2)16-13(17)15-9-12-5-4-6-14-8-12/h3-6,8,10H,1,7,9H2,2H3,(H,15,16). The van der Waals surface area contributed by atoms with Gasteiger partial charge in [0.25, 0.3) is 0 Å². The summed E-state index contributed by atoms with van der Waals surface area (Å²) in [6.45, 7) is 7.20. The highest BCUT2D eigenvalue weighted by Gasteiger charge is 2.03. The first-order valence-corrected chi connectivity index (χ1v) is 5.57. The van der Waals surface area contributed by atoms with Gasteiger partial charge < -0.3 is 9.88 Å². The maximum atomic E-state index is 4.43. The van der Waals surface area contributed by atoms with Crippen LogP contribution in [0.2, 0.25) is 0 Å². The molecule has 0 amide bonds. The van der Waals surface area contributed by atoms with E-state index in [1.165, 1.54) is 0 Å². The second-order valence-corrected chi connectivity index (χ2v) is 3.86. The van der Waals surface area contributed by atoms with Crippen LogP contribution in [0.25, 0.3) is 0 Å². The van der Waals surface area contributed by atoms with E-state index in [-0.39, 0.29) is 0 Å². The van der Waals surface area contributed by atoms with Crippen molar-refractivity contribution in [2.75, 3.05) is 5.32 Å². The molecule has 0 aliphatic rings. The molecule has 0 unspecified atom stereocenters. The van der Waals surface area contributed by atoms with Crippen molar-refractivity contribution in [1.82, 2.24) is 14.5 Å². The molecule has 0 aliphatic carbocycles. The number of hydrogen-bond donors (Lipinski definition) is 1. The molecule has 4 heteroatoms. The van der Waals surface area contributed by atoms with Crippen molar-refractivity contribution in [2.24, 2.45) is 0 Å². The van der Waals surface area contributed by atoms with Gasteiger partial charge in [0.15, 0.2) is 0 Å². The Morgan fingerprint density at radius 1 is 1.53 bits per heavy atom. The summed E-state index contributed by atoms with van der Waals surface area (Å²) in [6.07, 6.45) is 7.48. The van der Waals surface area contributed by atoms with E-state index in [1.807, 2.05) is 42.1 Å². The van der Waals surface area contributed by atoms with Crippen LogP contribution in [-0.4, -0.2) is 14.5 Å². The molecule has 0 aromatic carbocycles. The summed E-state index contributed by atoms with van der Waals surface area (Å²) >= 11 is 0. The average molecular weight is 228 g/mol. The number of hydrogen-bond acceptors (Lipinski definition) is 3. The monoisotopic (exact) mass is 228 g/mol. The molecule has 0 fully saturated rings. The number of aryl methyl sites for hydroxylation is 1. The van der Waals surface area contributed by atoms with E-state index in [9.17, 15) is 0 Å². The first-order chi connectivity index (χ1) is 8.29. The molecule has 2 rings (SSSR count). The molecule has 88 valence electrons. The number of pyridine rings is 1. The Morgan fingerprint density at radius 2 is 2.41 bits per heavy atom. The summed E-state index contributed by atoms with van der Waals surface area (Å²) in [6, 6.07) is 3.96. The zero-order chi connectivity index (χ0) is 12.1. The van der Waals surface area contributed by atoms with Crippen molar-refractivity contribution in [1.29, 1.82) is 0 Å². The molecule has 4 nitrogen and oxygen atoms in total. The number of nitrogens with zero attached hydrogens (tertiary/aromatic N) is 3. The van der Waals surface area contributed by atoms with Crippen LogP contribution in [0.1, 0.15) is 11.3 Å². The van der Waals surface area contributed by atoms with Crippen molar-refractivity contribution in [2.45, 2.75) is 20.0 Å². The summed E-state index contributed by atoms with van der Waals surface area (Å²) in [7, 11) is 0. The second-order valence-electron chi connectivity index (χ2n) is 3.86. The summed E-state index contributed by atoms with van der Waals surface area (Å²) in [5, 5.41) is 3.30. The number of aromatic nitrogens is 3. The molecular weight excluding hydrogens is 212 g/mol. The molecule has 2 heterocycles. The zero-order valence-electron chi connectivity index (χ0n) is 9.93. The van der Waals surface area contributed by atoms with Gasteiger partial charge in [0, 0.05) is 31.7 Å². The first kappa shape index (κ1) is 11.4. The van der Waals surface area contributed by atoms with Gasteiger partial charge in [-0.15, -0.1) is 6.58 Å². The number of anilines is 1. The second kappa shape index (κ2) is 5.30. The summed E-state index contributed by atoms with van der Waals surface area (Å²) in [5.41, 5.74) is 2.14. The van der Waals surface area contributed by atoms with Gasteiger partial charge in [0.05, 0.1) is 5.69 Å². The van der Waals surface area contributed by atoms with Crippen LogP contribution in [0.5, 0.6) is 0 Å². The highest BCUT2D eigenvalue weighted by atomic mass is 15.2. The van der Waals surface area contributed by atoms with Gasteiger partial charge in [0.1, 0.15) is 0 Å². The van der Waals surface area contributed by atoms with E-state index < -0.39 is 0 Å². The number of allylic oxidation sites excluding steroid dienone is 1. The number of imidazole rings is 1. The van der Waals surface area contributed by atoms with E-state index in [1.54, 1.807) is 6.20 Å². The predicted octanol–water partition coefficient (Wildman–Crippen LogP) is 2.38. The molecule has 2 aromatic rings. The van der Waals surface area contributed by atoms with Gasteiger partial charge >= 0.3 is 0 Å². The highest BCUT2D eigenvalue weighted by molar-refractivity contribution is 5.30. The van der Waals surface area contributed by atoms with Gasteiger partial charge in [-0.25, -0.2) is 4.98 Å². The molecular formula is C13H16N4. The zero-order valence-corrected chi connectivity index (χ0v) is 9.93. The molecule has 17 heavy (non-hydrogen) atoms. The van der Waals surface area contributed by atoms with Crippen molar-refractivity contribution in [3.8, 4) is 0 Å². The van der Waals surface area contributed by atoms with Crippen LogP contribution in [0, 0.1) is 6.92 Å². The van der Waals surface area contributed by atoms with Gasteiger partial charge in [-0.2, -0.15) is 0 Å². The highest BCUT2D eigenvalue weighted by Crippen LogP contribution is 2.10. The van der Waals surface area contributed by atoms with Crippen LogP contribution in [0.4, 0.5) is 5.95 Å². The third kappa shape index (κ3) is 2.93. The lowest BCUT2D eigenvalue weighted by molar-refractivity contribution is 0.819. The van der Waals surface area contributed by atoms with E-state index in [2.05, 4.69) is 21.9 Å². The van der Waals surface area contributed by atoms with E-state index in [0.717, 1.165) is 30.3 Å². The Labute approximate surface area is 101 Å². The van der Waals surface area contributed by atoms with Gasteiger partial charge in [-0.3, -0.25) is 4.98 Å². The minimum Gasteiger partial charge on any atom is -0.352 e. The van der Waals surface area contributed by atoms with Crippen LogP contribution < -0.4 is 5.32 Å². The van der Waals surface area contributed by atoms with Crippen molar-refractivity contribution in [3.05, 3.63) is 54.6 Å². The van der Waals surface area contributed by atoms with Crippen molar-refractivity contribution >= 4 is 5.95 Å². The Kier molecular flexibility index (Phi) is 3.55. The fourth-order valence-corrected chi connectivity index (χ4v) is 1.65. The topological polar surface area (TPSA) is 42.7 Å². The average Bonchev–Trinajstić information content (AvgIpc) is 2.69. The van der Waals surface area contributed by atoms with Crippen molar-refractivity contribution < 1.29 is 0 Å². The van der Waals surface area contributed by atoms with E-state index in [4.69, 9.17) is 0 Å². The Bertz CT molecular complexity index is 487. The molecule has 0 radical (unpaired) electrons. The minimum absolute atomic E-state index is 0.724. The third-order valence-corrected chi connectivity index (χ3v) is 2.40. The lowest BCUT2D eigenvalue weighted by Gasteiger charge is -2.07. The lowest BCUT2D eigenvalue weighted by atomic mass is 10.3. The van der Waals surface area contributed by atoms with Crippen LogP contribution in [-0.2, 0) is 13.1 Å². The largest absolute Gasteiger partial charge is 0.352 e. The Balaban J connectivity index is 2.05. The maximum Gasteiger partial charge on any atom is 0.203 e. The Morgan fingerprint density at radius 3 is 3.12 bits per heavy atom. The van der Waals surface area contributed by atoms with Crippen LogP contribution in [0.3, 0.4) is 0 Å². The van der Waals surface area contributed by atoms with Crippen LogP contribution >= 0.6 is 0 Å². The molecule has 0 aliphatic heterocycles. The predicted molar refractivity (Wildman–Crippen MR) is 68.7 cm³/mol. The summed E-state index contributed by atoms with van der Waals surface area (Å²) in [4.78, 5) is 8.51. The van der Waals surface area contributed by atoms with Gasteiger partial charge in [-0.05, 0) is 18.6 Å². The number of rotatable bonds is 5. The molecule has 1 N–H and O–H groups in total.